The quantitative estimate of drug-likeness (QED) is 0.863. The van der Waals surface area contributed by atoms with Crippen LogP contribution in [-0.2, 0) is 12.6 Å². The van der Waals surface area contributed by atoms with Crippen molar-refractivity contribution in [2.24, 2.45) is 5.41 Å². The van der Waals surface area contributed by atoms with E-state index in [0.29, 0.717) is 6.04 Å². The summed E-state index contributed by atoms with van der Waals surface area (Å²) in [7, 11) is 1.94. The molecule has 0 heterocycles. The Hall–Kier alpha value is -1.03. The van der Waals surface area contributed by atoms with E-state index in [4.69, 9.17) is 0 Å². The van der Waals surface area contributed by atoms with E-state index < -0.39 is 11.7 Å². The van der Waals surface area contributed by atoms with Crippen molar-refractivity contribution in [3.63, 3.8) is 0 Å². The van der Waals surface area contributed by atoms with Crippen molar-refractivity contribution in [1.29, 1.82) is 0 Å². The molecule has 112 valence electrons. The SMILES string of the molecule is CNC(Cc1ccc(C(F)(F)F)cc1)C1(C)CCCC1. The van der Waals surface area contributed by atoms with E-state index in [1.165, 1.54) is 37.8 Å². The monoisotopic (exact) mass is 285 g/mol. The second-order valence-corrected chi connectivity index (χ2v) is 6.10. The van der Waals surface area contributed by atoms with Gasteiger partial charge >= 0.3 is 6.18 Å². The summed E-state index contributed by atoms with van der Waals surface area (Å²) in [6.07, 6.45) is 1.42. The minimum absolute atomic E-state index is 0.261. The maximum absolute atomic E-state index is 12.5. The Morgan fingerprint density at radius 1 is 1.15 bits per heavy atom. The van der Waals surface area contributed by atoms with Gasteiger partial charge in [0.1, 0.15) is 0 Å². The van der Waals surface area contributed by atoms with Gasteiger partial charge in [0.25, 0.3) is 0 Å². The van der Waals surface area contributed by atoms with Crippen LogP contribution in [0.2, 0.25) is 0 Å². The van der Waals surface area contributed by atoms with Crippen LogP contribution in [-0.4, -0.2) is 13.1 Å². The summed E-state index contributed by atoms with van der Waals surface area (Å²) in [5, 5.41) is 3.36. The second kappa shape index (κ2) is 5.76. The van der Waals surface area contributed by atoms with Gasteiger partial charge in [-0.05, 0) is 49.4 Å². The first-order chi connectivity index (χ1) is 9.35. The zero-order chi connectivity index (χ0) is 14.8. The van der Waals surface area contributed by atoms with E-state index in [2.05, 4.69) is 12.2 Å². The number of halogens is 3. The van der Waals surface area contributed by atoms with Gasteiger partial charge in [0.15, 0.2) is 0 Å². The summed E-state index contributed by atoms with van der Waals surface area (Å²) in [4.78, 5) is 0. The fourth-order valence-electron chi connectivity index (χ4n) is 3.29. The molecule has 4 heteroatoms. The molecule has 1 saturated carbocycles. The third-order valence-corrected chi connectivity index (χ3v) is 4.66. The molecular weight excluding hydrogens is 263 g/mol. The fourth-order valence-corrected chi connectivity index (χ4v) is 3.29. The summed E-state index contributed by atoms with van der Waals surface area (Å²) in [6.45, 7) is 2.28. The minimum atomic E-state index is -4.25. The largest absolute Gasteiger partial charge is 0.416 e. The number of hydrogen-bond donors (Lipinski definition) is 1. The third kappa shape index (κ3) is 3.35. The van der Waals surface area contributed by atoms with E-state index in [-0.39, 0.29) is 5.41 Å². The first-order valence-corrected chi connectivity index (χ1v) is 7.18. The molecule has 1 aliphatic carbocycles. The summed E-state index contributed by atoms with van der Waals surface area (Å²) >= 11 is 0. The number of alkyl halides is 3. The van der Waals surface area contributed by atoms with Gasteiger partial charge in [-0.2, -0.15) is 13.2 Å². The fraction of sp³-hybridized carbons (Fsp3) is 0.625. The maximum atomic E-state index is 12.5. The van der Waals surface area contributed by atoms with Gasteiger partial charge in [0.2, 0.25) is 0 Å². The number of rotatable bonds is 4. The molecule has 2 rings (SSSR count). The molecular formula is C16H22F3N. The molecule has 0 amide bonds. The van der Waals surface area contributed by atoms with E-state index in [0.717, 1.165) is 12.0 Å². The smallest absolute Gasteiger partial charge is 0.316 e. The van der Waals surface area contributed by atoms with Gasteiger partial charge in [0, 0.05) is 6.04 Å². The van der Waals surface area contributed by atoms with Gasteiger partial charge in [-0.3, -0.25) is 0 Å². The molecule has 0 radical (unpaired) electrons. The van der Waals surface area contributed by atoms with Crippen molar-refractivity contribution in [2.75, 3.05) is 7.05 Å². The van der Waals surface area contributed by atoms with Crippen LogP contribution in [0.3, 0.4) is 0 Å². The Bertz CT molecular complexity index is 430. The number of hydrogen-bond acceptors (Lipinski definition) is 1. The molecule has 1 unspecified atom stereocenters. The minimum Gasteiger partial charge on any atom is -0.316 e. The van der Waals surface area contributed by atoms with Crippen molar-refractivity contribution < 1.29 is 13.2 Å². The van der Waals surface area contributed by atoms with Crippen LogP contribution in [0, 0.1) is 5.41 Å². The normalized spacial score (nSPS) is 20.1. The van der Waals surface area contributed by atoms with Gasteiger partial charge in [0.05, 0.1) is 5.56 Å². The Kier molecular flexibility index (Phi) is 4.43. The molecule has 1 nitrogen and oxygen atoms in total. The number of benzene rings is 1. The molecule has 0 bridgehead atoms. The Morgan fingerprint density at radius 3 is 2.15 bits per heavy atom. The van der Waals surface area contributed by atoms with Crippen LogP contribution in [0.5, 0.6) is 0 Å². The molecule has 0 saturated heterocycles. The van der Waals surface area contributed by atoms with Gasteiger partial charge in [-0.25, -0.2) is 0 Å². The molecule has 1 aromatic rings. The highest BCUT2D eigenvalue weighted by Gasteiger charge is 2.36. The molecule has 0 spiro atoms. The maximum Gasteiger partial charge on any atom is 0.416 e. The summed E-state index contributed by atoms with van der Waals surface area (Å²) in [5.74, 6) is 0. The lowest BCUT2D eigenvalue weighted by Crippen LogP contribution is -2.41. The molecule has 20 heavy (non-hydrogen) atoms. The molecule has 1 aromatic carbocycles. The van der Waals surface area contributed by atoms with Crippen molar-refractivity contribution in [2.45, 2.75) is 51.2 Å². The van der Waals surface area contributed by atoms with Gasteiger partial charge < -0.3 is 5.32 Å². The van der Waals surface area contributed by atoms with E-state index in [1.807, 2.05) is 7.05 Å². The average molecular weight is 285 g/mol. The molecule has 0 aliphatic heterocycles. The molecule has 0 aromatic heterocycles. The predicted molar refractivity (Wildman–Crippen MR) is 74.6 cm³/mol. The van der Waals surface area contributed by atoms with Crippen LogP contribution in [0.1, 0.15) is 43.7 Å². The summed E-state index contributed by atoms with van der Waals surface area (Å²) in [6, 6.07) is 5.89. The van der Waals surface area contributed by atoms with Gasteiger partial charge in [-0.15, -0.1) is 0 Å². The summed E-state index contributed by atoms with van der Waals surface area (Å²) < 4.78 is 37.6. The molecule has 1 N–H and O–H groups in total. The van der Waals surface area contributed by atoms with Crippen LogP contribution in [0.15, 0.2) is 24.3 Å². The molecule has 1 aliphatic rings. The summed E-state index contributed by atoms with van der Waals surface area (Å²) in [5.41, 5.74) is 0.650. The zero-order valence-electron chi connectivity index (χ0n) is 12.1. The van der Waals surface area contributed by atoms with Crippen molar-refractivity contribution in [3.05, 3.63) is 35.4 Å². The zero-order valence-corrected chi connectivity index (χ0v) is 12.1. The van der Waals surface area contributed by atoms with E-state index in [9.17, 15) is 13.2 Å². The van der Waals surface area contributed by atoms with Crippen LogP contribution >= 0.6 is 0 Å². The Labute approximate surface area is 118 Å². The molecule has 1 atom stereocenters. The standard InChI is InChI=1S/C16H22F3N/c1-15(9-3-4-10-15)14(20-2)11-12-5-7-13(8-6-12)16(17,18)19/h5-8,14,20H,3-4,9-11H2,1-2H3. The highest BCUT2D eigenvalue weighted by atomic mass is 19.4. The van der Waals surface area contributed by atoms with Crippen LogP contribution in [0.25, 0.3) is 0 Å². The van der Waals surface area contributed by atoms with E-state index in [1.54, 1.807) is 12.1 Å². The van der Waals surface area contributed by atoms with Crippen molar-refractivity contribution in [1.82, 2.24) is 5.32 Å². The van der Waals surface area contributed by atoms with E-state index >= 15 is 0 Å². The lowest BCUT2D eigenvalue weighted by Gasteiger charge is -2.34. The van der Waals surface area contributed by atoms with Crippen molar-refractivity contribution >= 4 is 0 Å². The average Bonchev–Trinajstić information content (AvgIpc) is 2.83. The number of nitrogens with one attached hydrogen (secondary N) is 1. The van der Waals surface area contributed by atoms with Gasteiger partial charge in [-0.1, -0.05) is 31.9 Å². The highest BCUT2D eigenvalue weighted by Crippen LogP contribution is 2.41. The highest BCUT2D eigenvalue weighted by molar-refractivity contribution is 5.25. The Morgan fingerprint density at radius 2 is 1.70 bits per heavy atom. The topological polar surface area (TPSA) is 12.0 Å². The number of likely N-dealkylation sites (N-methyl/N-ethyl adjacent to an activating group) is 1. The van der Waals surface area contributed by atoms with Crippen molar-refractivity contribution in [3.8, 4) is 0 Å². The predicted octanol–water partition coefficient (Wildman–Crippen LogP) is 4.42. The first kappa shape index (κ1) is 15.4. The lowest BCUT2D eigenvalue weighted by molar-refractivity contribution is -0.137. The first-order valence-electron chi connectivity index (χ1n) is 7.18. The Balaban J connectivity index is 2.08. The van der Waals surface area contributed by atoms with Crippen LogP contribution in [0.4, 0.5) is 13.2 Å². The lowest BCUT2D eigenvalue weighted by atomic mass is 9.78. The van der Waals surface area contributed by atoms with Crippen LogP contribution < -0.4 is 5.32 Å². The third-order valence-electron chi connectivity index (χ3n) is 4.66. The second-order valence-electron chi connectivity index (χ2n) is 6.10. The molecule has 1 fully saturated rings.